The van der Waals surface area contributed by atoms with Gasteiger partial charge in [0.15, 0.2) is 5.65 Å². The third-order valence-electron chi connectivity index (χ3n) is 7.46. The summed E-state index contributed by atoms with van der Waals surface area (Å²) in [5, 5.41) is 7.20. The van der Waals surface area contributed by atoms with Crippen LogP contribution in [0.5, 0.6) is 0 Å². The fourth-order valence-corrected chi connectivity index (χ4v) is 5.55. The molecule has 0 unspecified atom stereocenters. The molecule has 0 saturated heterocycles. The number of hydrogen-bond donors (Lipinski definition) is 2. The summed E-state index contributed by atoms with van der Waals surface area (Å²) in [6.45, 7) is 7.04. The Morgan fingerprint density at radius 2 is 1.71 bits per heavy atom. The van der Waals surface area contributed by atoms with Crippen LogP contribution in [0.1, 0.15) is 43.8 Å². The number of hydrogen-bond acceptors (Lipinski definition) is 5. The number of pyridine rings is 2. The molecular formula is C34H32F2N6O3. The Labute approximate surface area is 257 Å². The zero-order chi connectivity index (χ0) is 32.0. The van der Waals surface area contributed by atoms with Gasteiger partial charge in [0, 0.05) is 35.6 Å². The minimum absolute atomic E-state index is 0.00350. The van der Waals surface area contributed by atoms with Crippen LogP contribution in [-0.4, -0.2) is 35.8 Å². The van der Waals surface area contributed by atoms with E-state index in [1.807, 2.05) is 55.5 Å². The highest BCUT2D eigenvalue weighted by Gasteiger charge is 2.27. The standard InChI is InChI=1S/C34H32F2N6O3/c1-19-24(11-12-30-40-41(5)33(44)42(19)30)25-17-27-28(18-26(37-27)21-9-7-6-8-10-21)38-31(25)29(39-32(43)45-34(2,3)4)15-20-13-22(35)16-23(36)14-20/h6-14,16-18,29,37H,15H2,1-5H3,(H,39,43)/t29-/m0/s1. The molecular weight excluding hydrogens is 578 g/mol. The van der Waals surface area contributed by atoms with Crippen molar-refractivity contribution in [1.82, 2.24) is 29.5 Å². The number of benzene rings is 2. The summed E-state index contributed by atoms with van der Waals surface area (Å²) in [6.07, 6.45) is -0.712. The summed E-state index contributed by atoms with van der Waals surface area (Å²) >= 11 is 0. The van der Waals surface area contributed by atoms with Crippen LogP contribution in [-0.2, 0) is 18.2 Å². The van der Waals surface area contributed by atoms with Crippen LogP contribution in [0.2, 0.25) is 0 Å². The van der Waals surface area contributed by atoms with Gasteiger partial charge in [0.2, 0.25) is 0 Å². The number of nitrogens with zero attached hydrogens (tertiary/aromatic N) is 4. The van der Waals surface area contributed by atoms with Gasteiger partial charge in [-0.2, -0.15) is 5.10 Å². The molecule has 0 aliphatic carbocycles. The van der Waals surface area contributed by atoms with Gasteiger partial charge in [-0.15, -0.1) is 0 Å². The minimum Gasteiger partial charge on any atom is -0.444 e. The second kappa shape index (κ2) is 11.3. The van der Waals surface area contributed by atoms with E-state index in [2.05, 4.69) is 15.4 Å². The SMILES string of the molecule is Cc1c(-c2cc3[nH]c(-c4ccccc4)cc3nc2[C@H](Cc2cc(F)cc(F)c2)NC(=O)OC(C)(C)C)ccc2nn(C)c(=O)n12. The maximum Gasteiger partial charge on any atom is 0.408 e. The van der Waals surface area contributed by atoms with Gasteiger partial charge in [0.05, 0.1) is 22.8 Å². The Hall–Kier alpha value is -5.32. The topological polar surface area (TPSA) is 106 Å². The fourth-order valence-electron chi connectivity index (χ4n) is 5.55. The van der Waals surface area contributed by atoms with Gasteiger partial charge in [-0.25, -0.2) is 32.4 Å². The van der Waals surface area contributed by atoms with Crippen LogP contribution in [0, 0.1) is 18.6 Å². The Kier molecular flexibility index (Phi) is 7.47. The number of ether oxygens (including phenoxy) is 1. The number of H-pyrrole nitrogens is 1. The number of nitrogens with one attached hydrogen (secondary N) is 2. The maximum absolute atomic E-state index is 14.3. The molecule has 2 N–H and O–H groups in total. The fraction of sp³-hybridized carbons (Fsp3) is 0.235. The van der Waals surface area contributed by atoms with Crippen LogP contribution >= 0.6 is 0 Å². The van der Waals surface area contributed by atoms with Gasteiger partial charge in [-0.3, -0.25) is 0 Å². The highest BCUT2D eigenvalue weighted by molar-refractivity contribution is 5.88. The summed E-state index contributed by atoms with van der Waals surface area (Å²) in [4.78, 5) is 34.7. The molecule has 6 aromatic rings. The summed E-state index contributed by atoms with van der Waals surface area (Å²) in [5.74, 6) is -1.47. The van der Waals surface area contributed by atoms with Crippen molar-refractivity contribution in [3.8, 4) is 22.4 Å². The van der Waals surface area contributed by atoms with Gasteiger partial charge in [0.1, 0.15) is 17.2 Å². The molecule has 4 aromatic heterocycles. The third-order valence-corrected chi connectivity index (χ3v) is 7.46. The summed E-state index contributed by atoms with van der Waals surface area (Å²) in [5.41, 5.74) is 5.11. The number of carbonyl (C=O) groups excluding carboxylic acids is 1. The van der Waals surface area contributed by atoms with Crippen LogP contribution in [0.3, 0.4) is 0 Å². The summed E-state index contributed by atoms with van der Waals surface area (Å²) in [6, 6.07) is 19.5. The van der Waals surface area contributed by atoms with Crippen molar-refractivity contribution in [3.05, 3.63) is 112 Å². The largest absolute Gasteiger partial charge is 0.444 e. The molecule has 4 heterocycles. The molecule has 2 aromatic carbocycles. The first-order valence-corrected chi connectivity index (χ1v) is 14.5. The van der Waals surface area contributed by atoms with E-state index in [0.29, 0.717) is 39.2 Å². The second-order valence-electron chi connectivity index (χ2n) is 12.0. The van der Waals surface area contributed by atoms with Crippen molar-refractivity contribution < 1.29 is 18.3 Å². The van der Waals surface area contributed by atoms with Crippen molar-refractivity contribution in [3.63, 3.8) is 0 Å². The van der Waals surface area contributed by atoms with E-state index in [4.69, 9.17) is 9.72 Å². The molecule has 0 aliphatic rings. The number of alkyl carbamates (subject to hydrolysis) is 1. The quantitative estimate of drug-likeness (QED) is 0.220. The summed E-state index contributed by atoms with van der Waals surface area (Å²) in [7, 11) is 1.58. The first kappa shape index (κ1) is 29.7. The second-order valence-corrected chi connectivity index (χ2v) is 12.0. The van der Waals surface area contributed by atoms with Crippen molar-refractivity contribution in [2.24, 2.45) is 7.05 Å². The Morgan fingerprint density at radius 1 is 1.00 bits per heavy atom. The molecule has 0 aliphatic heterocycles. The molecule has 0 spiro atoms. The van der Waals surface area contributed by atoms with Gasteiger partial charge in [0.25, 0.3) is 0 Å². The highest BCUT2D eigenvalue weighted by Crippen LogP contribution is 2.35. The molecule has 0 radical (unpaired) electrons. The van der Waals surface area contributed by atoms with Gasteiger partial charge in [-0.1, -0.05) is 30.3 Å². The van der Waals surface area contributed by atoms with Gasteiger partial charge in [-0.05, 0) is 81.6 Å². The number of aromatic nitrogens is 5. The molecule has 0 bridgehead atoms. The van der Waals surface area contributed by atoms with Gasteiger partial charge >= 0.3 is 11.8 Å². The first-order valence-electron chi connectivity index (χ1n) is 14.5. The number of halogens is 2. The van der Waals surface area contributed by atoms with Crippen molar-refractivity contribution in [2.75, 3.05) is 0 Å². The molecule has 45 heavy (non-hydrogen) atoms. The van der Waals surface area contributed by atoms with E-state index in [0.717, 1.165) is 22.8 Å². The zero-order valence-corrected chi connectivity index (χ0v) is 25.5. The highest BCUT2D eigenvalue weighted by atomic mass is 19.1. The molecule has 1 atom stereocenters. The van der Waals surface area contributed by atoms with E-state index in [9.17, 15) is 18.4 Å². The molecule has 230 valence electrons. The predicted octanol–water partition coefficient (Wildman–Crippen LogP) is 6.64. The third kappa shape index (κ3) is 6.06. The number of aromatic amines is 1. The normalized spacial score (nSPS) is 12.5. The first-order chi connectivity index (χ1) is 21.4. The Morgan fingerprint density at radius 3 is 2.40 bits per heavy atom. The number of aryl methyl sites for hydroxylation is 2. The van der Waals surface area contributed by atoms with Crippen LogP contribution < -0.4 is 11.0 Å². The minimum atomic E-state index is -0.878. The van der Waals surface area contributed by atoms with Crippen LogP contribution in [0.25, 0.3) is 39.1 Å². The smallest absolute Gasteiger partial charge is 0.408 e. The molecule has 9 nitrogen and oxygen atoms in total. The molecule has 0 fully saturated rings. The average molecular weight is 611 g/mol. The van der Waals surface area contributed by atoms with Crippen LogP contribution in [0.4, 0.5) is 13.6 Å². The zero-order valence-electron chi connectivity index (χ0n) is 25.5. The van der Waals surface area contributed by atoms with Crippen molar-refractivity contribution >= 4 is 22.8 Å². The monoisotopic (exact) mass is 610 g/mol. The molecule has 6 rings (SSSR count). The van der Waals surface area contributed by atoms with E-state index in [1.165, 1.54) is 21.2 Å². The maximum atomic E-state index is 14.3. The number of amides is 1. The number of fused-ring (bicyclic) bond motifs is 2. The number of rotatable bonds is 6. The lowest BCUT2D eigenvalue weighted by Crippen LogP contribution is -2.36. The lowest BCUT2D eigenvalue weighted by molar-refractivity contribution is 0.0502. The van der Waals surface area contributed by atoms with E-state index >= 15 is 0 Å². The lowest BCUT2D eigenvalue weighted by Gasteiger charge is -2.25. The molecule has 0 saturated carbocycles. The Bertz CT molecular complexity index is 2110. The average Bonchev–Trinajstić information content (AvgIpc) is 3.51. The van der Waals surface area contributed by atoms with Crippen LogP contribution in [0.15, 0.2) is 77.6 Å². The van der Waals surface area contributed by atoms with E-state index < -0.39 is 29.4 Å². The Balaban J connectivity index is 1.59. The summed E-state index contributed by atoms with van der Waals surface area (Å²) < 4.78 is 37.0. The lowest BCUT2D eigenvalue weighted by atomic mass is 9.94. The molecule has 11 heteroatoms. The predicted molar refractivity (Wildman–Crippen MR) is 168 cm³/mol. The van der Waals surface area contributed by atoms with E-state index in [-0.39, 0.29) is 12.1 Å². The van der Waals surface area contributed by atoms with Crippen molar-refractivity contribution in [2.45, 2.75) is 45.8 Å². The van der Waals surface area contributed by atoms with Crippen molar-refractivity contribution in [1.29, 1.82) is 0 Å². The molecule has 1 amide bonds. The number of carbonyl (C=O) groups is 1. The van der Waals surface area contributed by atoms with E-state index in [1.54, 1.807) is 33.9 Å². The van der Waals surface area contributed by atoms with Gasteiger partial charge < -0.3 is 15.0 Å².